The zero-order valence-corrected chi connectivity index (χ0v) is 7.15. The molecule has 1 saturated carbocycles. The van der Waals surface area contributed by atoms with Gasteiger partial charge in [-0.3, -0.25) is 0 Å². The Balaban J connectivity index is 2.06. The van der Waals surface area contributed by atoms with Crippen molar-refractivity contribution in [1.82, 2.24) is 5.32 Å². The van der Waals surface area contributed by atoms with E-state index in [-0.39, 0.29) is 0 Å². The lowest BCUT2D eigenvalue weighted by Crippen LogP contribution is -2.27. The molecule has 0 spiro atoms. The van der Waals surface area contributed by atoms with Gasteiger partial charge in [0, 0.05) is 12.1 Å². The minimum absolute atomic E-state index is 0.601. The van der Waals surface area contributed by atoms with Crippen LogP contribution in [0.15, 0.2) is 0 Å². The molecule has 1 heterocycles. The maximum absolute atomic E-state index is 3.54. The van der Waals surface area contributed by atoms with Gasteiger partial charge in [0.1, 0.15) is 0 Å². The number of fused-ring (bicyclic) bond motifs is 1. The van der Waals surface area contributed by atoms with E-state index in [9.17, 15) is 0 Å². The first kappa shape index (κ1) is 6.66. The summed E-state index contributed by atoms with van der Waals surface area (Å²) in [5.74, 6) is 0.911. The van der Waals surface area contributed by atoms with Crippen LogP contribution in [-0.4, -0.2) is 12.1 Å². The van der Waals surface area contributed by atoms with Crippen molar-refractivity contribution in [3.05, 3.63) is 0 Å². The van der Waals surface area contributed by atoms with Crippen molar-refractivity contribution in [3.8, 4) is 0 Å². The van der Waals surface area contributed by atoms with E-state index in [2.05, 4.69) is 26.1 Å². The Hall–Kier alpha value is -0.0400. The lowest BCUT2D eigenvalue weighted by molar-refractivity contribution is 0.221. The highest BCUT2D eigenvalue weighted by atomic mass is 15.2. The third-order valence-corrected chi connectivity index (χ3v) is 2.99. The number of hydrogen-bond donors (Lipinski definition) is 1. The van der Waals surface area contributed by atoms with Gasteiger partial charge < -0.3 is 5.32 Å². The first-order valence-electron chi connectivity index (χ1n) is 4.34. The Morgan fingerprint density at radius 3 is 2.60 bits per heavy atom. The summed E-state index contributed by atoms with van der Waals surface area (Å²) in [4.78, 5) is 0. The van der Waals surface area contributed by atoms with E-state index in [0.717, 1.165) is 18.0 Å². The Morgan fingerprint density at radius 1 is 1.30 bits per heavy atom. The van der Waals surface area contributed by atoms with Crippen LogP contribution in [0.5, 0.6) is 0 Å². The Morgan fingerprint density at radius 2 is 2.00 bits per heavy atom. The van der Waals surface area contributed by atoms with E-state index >= 15 is 0 Å². The highest BCUT2D eigenvalue weighted by Gasteiger charge is 2.48. The summed E-state index contributed by atoms with van der Waals surface area (Å²) in [6.45, 7) is 7.15. The first-order valence-corrected chi connectivity index (χ1v) is 4.34. The van der Waals surface area contributed by atoms with Crippen molar-refractivity contribution in [3.63, 3.8) is 0 Å². The van der Waals surface area contributed by atoms with Crippen LogP contribution in [0.1, 0.15) is 33.6 Å². The first-order chi connectivity index (χ1) is 4.58. The molecule has 10 heavy (non-hydrogen) atoms. The highest BCUT2D eigenvalue weighted by Crippen LogP contribution is 2.44. The number of rotatable bonds is 0. The smallest absolute Gasteiger partial charge is 0.0250 e. The third-order valence-electron chi connectivity index (χ3n) is 2.99. The largest absolute Gasteiger partial charge is 0.308 e. The predicted molar refractivity (Wildman–Crippen MR) is 42.9 cm³/mol. The highest BCUT2D eigenvalue weighted by molar-refractivity contribution is 5.07. The average molecular weight is 139 g/mol. The maximum atomic E-state index is 3.54. The molecule has 1 aliphatic heterocycles. The van der Waals surface area contributed by atoms with Gasteiger partial charge in [0.25, 0.3) is 0 Å². The SMILES string of the molecule is C[C@@H]1CC(C)(C)C[C@H]2N[C@@H]12. The van der Waals surface area contributed by atoms with Gasteiger partial charge in [-0.1, -0.05) is 20.8 Å². The molecule has 2 fully saturated rings. The van der Waals surface area contributed by atoms with Crippen LogP contribution < -0.4 is 5.32 Å². The summed E-state index contributed by atoms with van der Waals surface area (Å²) < 4.78 is 0. The zero-order valence-electron chi connectivity index (χ0n) is 7.15. The minimum Gasteiger partial charge on any atom is -0.308 e. The Labute approximate surface area is 63.2 Å². The van der Waals surface area contributed by atoms with E-state index < -0.39 is 0 Å². The fraction of sp³-hybridized carbons (Fsp3) is 1.00. The quantitative estimate of drug-likeness (QED) is 0.508. The van der Waals surface area contributed by atoms with Crippen molar-refractivity contribution in [2.75, 3.05) is 0 Å². The van der Waals surface area contributed by atoms with E-state index in [1.54, 1.807) is 0 Å². The van der Waals surface area contributed by atoms with Crippen LogP contribution in [0.25, 0.3) is 0 Å². The van der Waals surface area contributed by atoms with E-state index in [1.165, 1.54) is 12.8 Å². The van der Waals surface area contributed by atoms with E-state index in [1.807, 2.05) is 0 Å². The number of hydrogen-bond acceptors (Lipinski definition) is 1. The third kappa shape index (κ3) is 0.968. The second kappa shape index (κ2) is 1.76. The molecule has 1 saturated heterocycles. The molecule has 0 bridgehead atoms. The second-order valence-corrected chi connectivity index (χ2v) is 4.85. The molecule has 0 aromatic carbocycles. The summed E-state index contributed by atoms with van der Waals surface area (Å²) in [6.07, 6.45) is 2.79. The predicted octanol–water partition coefficient (Wildman–Crippen LogP) is 1.78. The molecule has 1 N–H and O–H groups in total. The van der Waals surface area contributed by atoms with Crippen LogP contribution in [0.4, 0.5) is 0 Å². The van der Waals surface area contributed by atoms with Gasteiger partial charge in [-0.2, -0.15) is 0 Å². The molecule has 0 unspecified atom stereocenters. The lowest BCUT2D eigenvalue weighted by atomic mass is 9.73. The standard InChI is InChI=1S/C9H17N/c1-6-4-9(2,3)5-7-8(6)10-7/h6-8,10H,4-5H2,1-3H3/t6-,7-,8+/m1/s1. The number of nitrogens with one attached hydrogen (secondary N) is 1. The molecule has 2 aliphatic rings. The molecule has 0 aromatic rings. The molecule has 3 atom stereocenters. The summed E-state index contributed by atoms with van der Waals surface area (Å²) in [5.41, 5.74) is 0.601. The second-order valence-electron chi connectivity index (χ2n) is 4.85. The van der Waals surface area contributed by atoms with Crippen LogP contribution in [0.3, 0.4) is 0 Å². The molecule has 58 valence electrons. The molecule has 1 nitrogen and oxygen atoms in total. The molecule has 0 amide bonds. The fourth-order valence-electron chi connectivity index (χ4n) is 2.62. The molecule has 0 radical (unpaired) electrons. The van der Waals surface area contributed by atoms with Crippen molar-refractivity contribution in [1.29, 1.82) is 0 Å². The normalized spacial score (nSPS) is 50.1. The summed E-state index contributed by atoms with van der Waals surface area (Å²) in [7, 11) is 0. The van der Waals surface area contributed by atoms with Crippen molar-refractivity contribution < 1.29 is 0 Å². The monoisotopic (exact) mass is 139 g/mol. The van der Waals surface area contributed by atoms with Gasteiger partial charge in [-0.15, -0.1) is 0 Å². The van der Waals surface area contributed by atoms with Crippen molar-refractivity contribution >= 4 is 0 Å². The van der Waals surface area contributed by atoms with Crippen molar-refractivity contribution in [2.24, 2.45) is 11.3 Å². The fourth-order valence-corrected chi connectivity index (χ4v) is 2.62. The lowest BCUT2D eigenvalue weighted by Gasteiger charge is -2.31. The van der Waals surface area contributed by atoms with Gasteiger partial charge in [0.15, 0.2) is 0 Å². The minimum atomic E-state index is 0.601. The average Bonchev–Trinajstić information content (AvgIpc) is 2.40. The van der Waals surface area contributed by atoms with Crippen molar-refractivity contribution in [2.45, 2.75) is 45.7 Å². The maximum Gasteiger partial charge on any atom is 0.0250 e. The topological polar surface area (TPSA) is 21.9 Å². The summed E-state index contributed by atoms with van der Waals surface area (Å²) >= 11 is 0. The van der Waals surface area contributed by atoms with Crippen LogP contribution in [-0.2, 0) is 0 Å². The van der Waals surface area contributed by atoms with Gasteiger partial charge in [0.2, 0.25) is 0 Å². The summed E-state index contributed by atoms with van der Waals surface area (Å²) in [5, 5.41) is 3.54. The Kier molecular flexibility index (Phi) is 1.17. The molecule has 0 aromatic heterocycles. The van der Waals surface area contributed by atoms with Crippen LogP contribution >= 0.6 is 0 Å². The van der Waals surface area contributed by atoms with Gasteiger partial charge in [-0.25, -0.2) is 0 Å². The Bertz CT molecular complexity index is 151. The molecule has 2 rings (SSSR count). The van der Waals surface area contributed by atoms with E-state index in [4.69, 9.17) is 0 Å². The van der Waals surface area contributed by atoms with Crippen LogP contribution in [0, 0.1) is 11.3 Å². The van der Waals surface area contributed by atoms with Gasteiger partial charge in [0.05, 0.1) is 0 Å². The molecular weight excluding hydrogens is 122 g/mol. The summed E-state index contributed by atoms with van der Waals surface area (Å²) in [6, 6.07) is 1.76. The molecular formula is C9H17N. The van der Waals surface area contributed by atoms with Crippen LogP contribution in [0.2, 0.25) is 0 Å². The molecule has 1 heteroatoms. The van der Waals surface area contributed by atoms with Gasteiger partial charge >= 0.3 is 0 Å². The van der Waals surface area contributed by atoms with Gasteiger partial charge in [-0.05, 0) is 24.2 Å². The zero-order chi connectivity index (χ0) is 7.35. The van der Waals surface area contributed by atoms with E-state index in [0.29, 0.717) is 5.41 Å². The molecule has 1 aliphatic carbocycles.